The third-order valence-corrected chi connectivity index (χ3v) is 12.4. The molecule has 392 valence electrons. The molecule has 0 saturated carbocycles. The molecular weight excluding hydrogens is 947 g/mol. The second kappa shape index (κ2) is 27.9. The number of hydrogen-bond donors (Lipinski definition) is 0. The van der Waals surface area contributed by atoms with E-state index in [1.54, 1.807) is 0 Å². The van der Waals surface area contributed by atoms with E-state index in [1.807, 2.05) is 48.5 Å². The summed E-state index contributed by atoms with van der Waals surface area (Å²) >= 11 is 0. The summed E-state index contributed by atoms with van der Waals surface area (Å²) in [6.07, 6.45) is 1.19. The van der Waals surface area contributed by atoms with Crippen molar-refractivity contribution in [2.24, 2.45) is 0 Å². The molecule has 0 aromatic heterocycles. The molecule has 72 heavy (non-hydrogen) atoms. The van der Waals surface area contributed by atoms with Gasteiger partial charge in [0.05, 0.1) is 24.3 Å². The van der Waals surface area contributed by atoms with E-state index in [0.29, 0.717) is 24.7 Å². The quantitative estimate of drug-likeness (QED) is 0.0259. The molecule has 0 bridgehead atoms. The van der Waals surface area contributed by atoms with Crippen molar-refractivity contribution in [1.82, 2.24) is 19.9 Å². The van der Waals surface area contributed by atoms with Crippen LogP contribution in [0.4, 0.5) is 26.3 Å². The van der Waals surface area contributed by atoms with E-state index in [4.69, 9.17) is 28.6 Å². The van der Waals surface area contributed by atoms with Gasteiger partial charge in [-0.1, -0.05) is 37.1 Å². The predicted octanol–water partition coefficient (Wildman–Crippen LogP) is 11.3. The maximum Gasteiger partial charge on any atom is 0.416 e. The first kappa shape index (κ1) is 55.5. The Kier molecular flexibility index (Phi) is 21.5. The monoisotopic (exact) mass is 1010 g/mol. The van der Waals surface area contributed by atoms with E-state index in [0.717, 1.165) is 99.7 Å². The van der Waals surface area contributed by atoms with Gasteiger partial charge >= 0.3 is 24.3 Å². The molecule has 2 aliphatic heterocycles. The number of hydrogen-bond acceptors (Lipinski definition) is 12. The molecule has 0 radical (unpaired) electrons. The van der Waals surface area contributed by atoms with Crippen LogP contribution in [-0.2, 0) is 31.6 Å². The predicted molar refractivity (Wildman–Crippen MR) is 259 cm³/mol. The highest BCUT2D eigenvalue weighted by Gasteiger charge is 2.31. The van der Waals surface area contributed by atoms with Crippen LogP contribution < -0.4 is 18.9 Å². The van der Waals surface area contributed by atoms with Crippen molar-refractivity contribution in [3.63, 3.8) is 0 Å². The Bertz CT molecular complexity index is 2090. The molecule has 2 heterocycles. The summed E-state index contributed by atoms with van der Waals surface area (Å²) in [5, 5.41) is 2.50. The van der Waals surface area contributed by atoms with E-state index in [-0.39, 0.29) is 37.4 Å². The summed E-state index contributed by atoms with van der Waals surface area (Å²) < 4.78 is 104. The molecular formula is C54H66F6N4O8. The van der Waals surface area contributed by atoms with E-state index < -0.39 is 47.6 Å². The zero-order chi connectivity index (χ0) is 51.4. The fraction of sp³-hybridized carbons (Fsp3) is 0.481. The molecule has 0 N–H and O–H groups in total. The summed E-state index contributed by atoms with van der Waals surface area (Å²) in [6, 6.07) is 23.3. The minimum absolute atomic E-state index is 0.136. The van der Waals surface area contributed by atoms with Gasteiger partial charge in [0.15, 0.2) is 0 Å². The highest BCUT2D eigenvalue weighted by Crippen LogP contribution is 2.34. The zero-order valence-corrected chi connectivity index (χ0v) is 41.0. The lowest BCUT2D eigenvalue weighted by Crippen LogP contribution is -2.31. The summed E-state index contributed by atoms with van der Waals surface area (Å²) in [7, 11) is 3.02. The van der Waals surface area contributed by atoms with Crippen LogP contribution in [0.15, 0.2) is 109 Å². The topological polar surface area (TPSA) is 102 Å². The lowest BCUT2D eigenvalue weighted by atomic mass is 10.1. The van der Waals surface area contributed by atoms with Gasteiger partial charge in [-0.2, -0.15) is 26.3 Å². The Morgan fingerprint density at radius 2 is 0.847 bits per heavy atom. The zero-order valence-electron chi connectivity index (χ0n) is 41.0. The standard InChI is InChI=1S/C54H66F6N4O8/c1-61(37-29-49(69-47-23-15-43(16-24-47)53(55,56)57)41-11-19-45(20-12-41)67-39-9-35-63-31-5-3-6-32-63)71-51(65)27-28-52(66)72-62(2)38-30-50(70-48-25-17-44(18-26-48)54(58,59)60)42-13-21-46(22-14-42)68-40-10-36-64-33-7-4-8-34-64/h11-28,49-50H,3-10,29-40H2,1-2H3/b28-27-. The number of carbonyl (C=O) groups is 2. The molecule has 2 atom stereocenters. The number of halogens is 6. The highest BCUT2D eigenvalue weighted by molar-refractivity contribution is 5.91. The molecule has 0 amide bonds. The second-order valence-electron chi connectivity index (χ2n) is 18.0. The largest absolute Gasteiger partial charge is 0.494 e. The van der Waals surface area contributed by atoms with E-state index in [9.17, 15) is 35.9 Å². The summed E-state index contributed by atoms with van der Waals surface area (Å²) in [6.45, 7) is 7.78. The van der Waals surface area contributed by atoms with Crippen molar-refractivity contribution in [3.8, 4) is 23.0 Å². The first-order valence-corrected chi connectivity index (χ1v) is 24.7. The summed E-state index contributed by atoms with van der Waals surface area (Å²) in [4.78, 5) is 41.2. The smallest absolute Gasteiger partial charge is 0.416 e. The molecule has 0 spiro atoms. The number of rotatable bonds is 26. The van der Waals surface area contributed by atoms with Crippen LogP contribution in [0.5, 0.6) is 23.0 Å². The summed E-state index contributed by atoms with van der Waals surface area (Å²) in [5.41, 5.74) is -0.177. The minimum Gasteiger partial charge on any atom is -0.494 e. The van der Waals surface area contributed by atoms with Crippen LogP contribution in [0.3, 0.4) is 0 Å². The fourth-order valence-corrected chi connectivity index (χ4v) is 8.43. The van der Waals surface area contributed by atoms with Crippen LogP contribution in [0.25, 0.3) is 0 Å². The molecule has 18 heteroatoms. The van der Waals surface area contributed by atoms with Crippen LogP contribution in [0, 0.1) is 0 Å². The van der Waals surface area contributed by atoms with Gasteiger partial charge in [-0.25, -0.2) is 9.59 Å². The maximum atomic E-state index is 13.3. The van der Waals surface area contributed by atoms with Crippen LogP contribution >= 0.6 is 0 Å². The van der Waals surface area contributed by atoms with Crippen LogP contribution in [0.1, 0.15) is 98.7 Å². The fourth-order valence-electron chi connectivity index (χ4n) is 8.43. The number of hydroxylamine groups is 4. The number of piperidine rings is 2. The van der Waals surface area contributed by atoms with Gasteiger partial charge in [-0.15, -0.1) is 10.1 Å². The van der Waals surface area contributed by atoms with Crippen LogP contribution in [-0.4, -0.2) is 112 Å². The molecule has 4 aromatic carbocycles. The third-order valence-electron chi connectivity index (χ3n) is 12.4. The number of carbonyl (C=O) groups excluding carboxylic acids is 2. The van der Waals surface area contributed by atoms with Crippen molar-refractivity contribution in [1.29, 1.82) is 0 Å². The van der Waals surface area contributed by atoms with E-state index in [1.165, 1.54) is 87.0 Å². The number of ether oxygens (including phenoxy) is 4. The van der Waals surface area contributed by atoms with Crippen molar-refractivity contribution < 1.29 is 64.6 Å². The molecule has 0 aliphatic carbocycles. The molecule has 12 nitrogen and oxygen atoms in total. The van der Waals surface area contributed by atoms with Crippen molar-refractivity contribution >= 4 is 11.9 Å². The van der Waals surface area contributed by atoms with Gasteiger partial charge in [0, 0.05) is 65.3 Å². The Hall–Kier alpha value is -5.82. The minimum atomic E-state index is -4.51. The Morgan fingerprint density at radius 3 is 1.18 bits per heavy atom. The number of nitrogens with zero attached hydrogens (tertiary/aromatic N) is 4. The molecule has 2 saturated heterocycles. The lowest BCUT2D eigenvalue weighted by Gasteiger charge is -2.26. The SMILES string of the molecule is CN(CCC(Oc1ccc(C(F)(F)F)cc1)c1ccc(OCCCN2CCCCC2)cc1)OC(=O)/C=C\C(=O)ON(C)CCC(Oc1ccc(C(F)(F)F)cc1)c1ccc(OCCCN2CCCCC2)cc1. The average Bonchev–Trinajstić information content (AvgIpc) is 3.37. The van der Waals surface area contributed by atoms with Gasteiger partial charge in [-0.3, -0.25) is 0 Å². The maximum absolute atomic E-state index is 13.3. The van der Waals surface area contributed by atoms with Crippen molar-refractivity contribution in [2.45, 2.75) is 88.8 Å². The Labute approximate surface area is 418 Å². The Balaban J connectivity index is 0.982. The van der Waals surface area contributed by atoms with Gasteiger partial charge < -0.3 is 38.4 Å². The number of likely N-dealkylation sites (tertiary alicyclic amines) is 2. The van der Waals surface area contributed by atoms with E-state index >= 15 is 0 Å². The van der Waals surface area contributed by atoms with Crippen LogP contribution in [0.2, 0.25) is 0 Å². The highest BCUT2D eigenvalue weighted by atomic mass is 19.4. The van der Waals surface area contributed by atoms with Gasteiger partial charge in [0.1, 0.15) is 35.2 Å². The average molecular weight is 1010 g/mol. The normalized spacial score (nSPS) is 15.9. The van der Waals surface area contributed by atoms with E-state index in [2.05, 4.69) is 9.80 Å². The molecule has 2 fully saturated rings. The molecule has 2 unspecified atom stereocenters. The number of alkyl halides is 6. The summed E-state index contributed by atoms with van der Waals surface area (Å²) in [5.74, 6) is 0.0181. The third kappa shape index (κ3) is 19.3. The molecule has 4 aromatic rings. The van der Waals surface area contributed by atoms with Gasteiger partial charge in [0.2, 0.25) is 0 Å². The van der Waals surface area contributed by atoms with Crippen molar-refractivity contribution in [2.75, 3.05) is 79.7 Å². The van der Waals surface area contributed by atoms with Gasteiger partial charge in [-0.05, 0) is 149 Å². The lowest BCUT2D eigenvalue weighted by molar-refractivity contribution is -0.181. The van der Waals surface area contributed by atoms with Gasteiger partial charge in [0.25, 0.3) is 0 Å². The second-order valence-corrected chi connectivity index (χ2v) is 18.0. The molecule has 6 rings (SSSR count). The molecule has 2 aliphatic rings. The first-order valence-electron chi connectivity index (χ1n) is 24.7. The van der Waals surface area contributed by atoms with Crippen molar-refractivity contribution in [3.05, 3.63) is 131 Å². The Morgan fingerprint density at radius 1 is 0.514 bits per heavy atom. The number of benzene rings is 4. The first-order chi connectivity index (χ1) is 34.6.